The molecular weight excluding hydrogens is 374 g/mol. The smallest absolute Gasteiger partial charge is 0.210 e. The Morgan fingerprint density at radius 1 is 0.893 bits per heavy atom. The summed E-state index contributed by atoms with van der Waals surface area (Å²) in [7, 11) is 0. The van der Waals surface area contributed by atoms with Gasteiger partial charge in [0.15, 0.2) is 23.0 Å². The molecule has 0 saturated carbocycles. The summed E-state index contributed by atoms with van der Waals surface area (Å²) >= 11 is 1.35. The van der Waals surface area contributed by atoms with Crippen molar-refractivity contribution in [2.24, 2.45) is 0 Å². The van der Waals surface area contributed by atoms with Gasteiger partial charge in [-0.25, -0.2) is 4.98 Å². The molecule has 0 aliphatic heterocycles. The van der Waals surface area contributed by atoms with Crippen LogP contribution in [-0.4, -0.2) is 26.2 Å². The maximum Gasteiger partial charge on any atom is 0.210 e. The molecule has 0 radical (unpaired) electrons. The number of thioether (sulfide) groups is 1. The Kier molecular flexibility index (Phi) is 4.29. The first kappa shape index (κ1) is 16.9. The molecule has 1 aromatic carbocycles. The molecule has 1 aliphatic rings. The summed E-state index contributed by atoms with van der Waals surface area (Å²) < 4.78 is 11.0. The van der Waals surface area contributed by atoms with E-state index >= 15 is 0 Å². The quantitative estimate of drug-likeness (QED) is 0.501. The zero-order chi connectivity index (χ0) is 18.9. The second-order valence-electron chi connectivity index (χ2n) is 6.41. The molecule has 7 heteroatoms. The van der Waals surface area contributed by atoms with Crippen LogP contribution in [0.5, 0.6) is 0 Å². The third-order valence-electron chi connectivity index (χ3n) is 4.68. The fourth-order valence-electron chi connectivity index (χ4n) is 3.33. The van der Waals surface area contributed by atoms with E-state index in [0.717, 1.165) is 24.0 Å². The van der Waals surface area contributed by atoms with Crippen LogP contribution < -0.4 is 0 Å². The van der Waals surface area contributed by atoms with Crippen molar-refractivity contribution < 1.29 is 13.6 Å². The lowest BCUT2D eigenvalue weighted by molar-refractivity contribution is 0.0979. The zero-order valence-electron chi connectivity index (χ0n) is 14.7. The molecule has 3 aromatic heterocycles. The lowest BCUT2D eigenvalue weighted by Gasteiger charge is -2.22. The number of hydrogen-bond acceptors (Lipinski definition) is 7. The van der Waals surface area contributed by atoms with Gasteiger partial charge in [0.1, 0.15) is 5.69 Å². The molecule has 1 atom stereocenters. The van der Waals surface area contributed by atoms with Crippen LogP contribution in [0.1, 0.15) is 22.3 Å². The highest BCUT2D eigenvalue weighted by atomic mass is 32.2. The highest BCUT2D eigenvalue weighted by molar-refractivity contribution is 8.00. The predicted octanol–water partition coefficient (Wildman–Crippen LogP) is 4.68. The SMILES string of the molecule is O=C1c2ccccc2CC[C@@H]1Sc1nnc(-c2ccco2)c(-c2ccco2)n1. The van der Waals surface area contributed by atoms with Gasteiger partial charge in [-0.05, 0) is 42.7 Å². The number of hydrogen-bond donors (Lipinski definition) is 0. The van der Waals surface area contributed by atoms with Gasteiger partial charge in [0.05, 0.1) is 17.8 Å². The highest BCUT2D eigenvalue weighted by Crippen LogP contribution is 2.34. The van der Waals surface area contributed by atoms with Crippen molar-refractivity contribution in [2.75, 3.05) is 0 Å². The molecule has 3 heterocycles. The number of fused-ring (bicyclic) bond motifs is 1. The van der Waals surface area contributed by atoms with Gasteiger partial charge in [0.2, 0.25) is 5.16 Å². The third kappa shape index (κ3) is 3.03. The van der Waals surface area contributed by atoms with Crippen LogP contribution in [0.4, 0.5) is 0 Å². The highest BCUT2D eigenvalue weighted by Gasteiger charge is 2.29. The molecule has 0 bridgehead atoms. The van der Waals surface area contributed by atoms with E-state index in [2.05, 4.69) is 15.2 Å². The lowest BCUT2D eigenvalue weighted by atomic mass is 9.90. The third-order valence-corrected chi connectivity index (χ3v) is 5.79. The average molecular weight is 389 g/mol. The van der Waals surface area contributed by atoms with Gasteiger partial charge in [0, 0.05) is 5.56 Å². The molecule has 138 valence electrons. The van der Waals surface area contributed by atoms with Crippen molar-refractivity contribution in [2.45, 2.75) is 23.2 Å². The first-order valence-corrected chi connectivity index (χ1v) is 9.79. The number of aryl methyl sites for hydroxylation is 1. The molecule has 0 fully saturated rings. The summed E-state index contributed by atoms with van der Waals surface area (Å²) in [4.78, 5) is 17.5. The van der Waals surface area contributed by atoms with Gasteiger partial charge < -0.3 is 8.83 Å². The van der Waals surface area contributed by atoms with E-state index in [4.69, 9.17) is 8.83 Å². The fourth-order valence-corrected chi connectivity index (χ4v) is 4.29. The van der Waals surface area contributed by atoms with Gasteiger partial charge in [-0.1, -0.05) is 36.0 Å². The Labute approximate surface area is 165 Å². The maximum atomic E-state index is 12.9. The number of nitrogens with zero attached hydrogens (tertiary/aromatic N) is 3. The number of Topliss-reactive ketones (excluding diaryl/α,β-unsaturated/α-hetero) is 1. The summed E-state index contributed by atoms with van der Waals surface area (Å²) in [5.41, 5.74) is 2.94. The molecule has 0 N–H and O–H groups in total. The van der Waals surface area contributed by atoms with Gasteiger partial charge in [-0.3, -0.25) is 4.79 Å². The predicted molar refractivity (Wildman–Crippen MR) is 104 cm³/mol. The van der Waals surface area contributed by atoms with Crippen LogP contribution in [0.15, 0.2) is 75.0 Å². The number of aromatic nitrogens is 3. The van der Waals surface area contributed by atoms with Crippen LogP contribution in [-0.2, 0) is 6.42 Å². The van der Waals surface area contributed by atoms with Crippen LogP contribution in [0.3, 0.4) is 0 Å². The van der Waals surface area contributed by atoms with E-state index in [9.17, 15) is 4.79 Å². The summed E-state index contributed by atoms with van der Waals surface area (Å²) in [6.45, 7) is 0. The molecule has 28 heavy (non-hydrogen) atoms. The molecule has 1 aliphatic carbocycles. The molecule has 0 saturated heterocycles. The minimum absolute atomic E-state index is 0.116. The van der Waals surface area contributed by atoms with E-state index < -0.39 is 0 Å². The number of rotatable bonds is 4. The summed E-state index contributed by atoms with van der Waals surface area (Å²) in [5, 5.41) is 8.77. The van der Waals surface area contributed by atoms with Crippen molar-refractivity contribution in [3.05, 3.63) is 72.2 Å². The molecule has 0 amide bonds. The topological polar surface area (TPSA) is 82.0 Å². The van der Waals surface area contributed by atoms with Crippen molar-refractivity contribution in [1.82, 2.24) is 15.2 Å². The van der Waals surface area contributed by atoms with Crippen molar-refractivity contribution in [3.8, 4) is 22.9 Å². The van der Waals surface area contributed by atoms with Crippen LogP contribution >= 0.6 is 11.8 Å². The Morgan fingerprint density at radius 2 is 1.64 bits per heavy atom. The van der Waals surface area contributed by atoms with Crippen LogP contribution in [0.2, 0.25) is 0 Å². The van der Waals surface area contributed by atoms with Gasteiger partial charge >= 0.3 is 0 Å². The maximum absolute atomic E-state index is 12.9. The molecule has 6 nitrogen and oxygen atoms in total. The zero-order valence-corrected chi connectivity index (χ0v) is 15.6. The van der Waals surface area contributed by atoms with E-state index in [1.807, 2.05) is 30.3 Å². The first-order chi connectivity index (χ1) is 13.8. The second-order valence-corrected chi connectivity index (χ2v) is 7.58. The van der Waals surface area contributed by atoms with E-state index in [1.165, 1.54) is 11.8 Å². The summed E-state index contributed by atoms with van der Waals surface area (Å²) in [6, 6.07) is 14.9. The first-order valence-electron chi connectivity index (χ1n) is 8.91. The Bertz CT molecular complexity index is 1120. The van der Waals surface area contributed by atoms with E-state index in [1.54, 1.807) is 30.7 Å². The molecule has 5 rings (SSSR count). The van der Waals surface area contributed by atoms with Gasteiger partial charge in [-0.15, -0.1) is 10.2 Å². The number of carbonyl (C=O) groups excluding carboxylic acids is 1. The van der Waals surface area contributed by atoms with Gasteiger partial charge in [-0.2, -0.15) is 0 Å². The number of ketones is 1. The van der Waals surface area contributed by atoms with Crippen molar-refractivity contribution in [3.63, 3.8) is 0 Å². The molecule has 4 aromatic rings. The molecule has 0 spiro atoms. The molecular formula is C21H15N3O3S. The molecule has 0 unspecified atom stereocenters. The summed E-state index contributed by atoms with van der Waals surface area (Å²) in [5.74, 6) is 1.25. The van der Waals surface area contributed by atoms with E-state index in [-0.39, 0.29) is 11.0 Å². The van der Waals surface area contributed by atoms with Crippen LogP contribution in [0.25, 0.3) is 22.9 Å². The van der Waals surface area contributed by atoms with E-state index in [0.29, 0.717) is 28.1 Å². The minimum Gasteiger partial charge on any atom is -0.463 e. The Hall–Kier alpha value is -3.19. The normalized spacial score (nSPS) is 16.1. The fraction of sp³-hybridized carbons (Fsp3) is 0.143. The van der Waals surface area contributed by atoms with Crippen molar-refractivity contribution in [1.29, 1.82) is 0 Å². The lowest BCUT2D eigenvalue weighted by Crippen LogP contribution is -2.25. The number of benzene rings is 1. The second kappa shape index (κ2) is 7.09. The monoisotopic (exact) mass is 389 g/mol. The number of carbonyl (C=O) groups is 1. The minimum atomic E-state index is -0.226. The standard InChI is InChI=1S/C21H15N3O3S/c25-20-14-6-2-1-5-13(14)9-10-17(20)28-21-22-18(15-7-3-11-26-15)19(23-24-21)16-8-4-12-27-16/h1-8,11-12,17H,9-10H2/t17-/m0/s1. The Balaban J connectivity index is 1.48. The summed E-state index contributed by atoms with van der Waals surface area (Å²) in [6.07, 6.45) is 4.77. The largest absolute Gasteiger partial charge is 0.463 e. The number of furan rings is 2. The Morgan fingerprint density at radius 3 is 2.39 bits per heavy atom. The van der Waals surface area contributed by atoms with Crippen molar-refractivity contribution >= 4 is 17.5 Å². The average Bonchev–Trinajstić information content (AvgIpc) is 3.44. The van der Waals surface area contributed by atoms with Crippen LogP contribution in [0, 0.1) is 0 Å². The van der Waals surface area contributed by atoms with Gasteiger partial charge in [0.25, 0.3) is 0 Å².